The first-order chi connectivity index (χ1) is 28.3. The second kappa shape index (κ2) is 21.4. The van der Waals surface area contributed by atoms with Crippen molar-refractivity contribution in [1.82, 2.24) is 0 Å². The van der Waals surface area contributed by atoms with Crippen molar-refractivity contribution in [3.63, 3.8) is 0 Å². The van der Waals surface area contributed by atoms with Crippen molar-refractivity contribution in [3.8, 4) is 33.4 Å². The maximum Gasteiger partial charge on any atom is 0.0386 e. The van der Waals surface area contributed by atoms with Gasteiger partial charge in [0.1, 0.15) is 0 Å². The first kappa shape index (κ1) is 45.4. The molecule has 1 heteroatoms. The number of benzene rings is 7. The summed E-state index contributed by atoms with van der Waals surface area (Å²) in [4.78, 5) is 4.08. The number of rotatable bonds is 4. The number of aryl methyl sites for hydroxylation is 4. The van der Waals surface area contributed by atoms with Crippen molar-refractivity contribution in [1.29, 1.82) is 0 Å². The summed E-state index contributed by atoms with van der Waals surface area (Å²) < 4.78 is 0. The van der Waals surface area contributed by atoms with Crippen molar-refractivity contribution in [2.75, 3.05) is 7.05 Å². The number of hydrogen-bond acceptors (Lipinski definition) is 1. The Morgan fingerprint density at radius 2 is 0.898 bits per heavy atom. The number of aliphatic imine (C=N–C) groups is 1. The Morgan fingerprint density at radius 3 is 1.37 bits per heavy atom. The van der Waals surface area contributed by atoms with Gasteiger partial charge in [0.15, 0.2) is 0 Å². The van der Waals surface area contributed by atoms with E-state index < -0.39 is 0 Å². The van der Waals surface area contributed by atoms with Gasteiger partial charge in [-0.25, -0.2) is 0 Å². The van der Waals surface area contributed by atoms with Gasteiger partial charge in [0.05, 0.1) is 0 Å². The first-order valence-corrected chi connectivity index (χ1v) is 20.5. The smallest absolute Gasteiger partial charge is 0.0386 e. The molecule has 0 aliphatic heterocycles. The lowest BCUT2D eigenvalue weighted by atomic mass is 9.78. The third-order valence-corrected chi connectivity index (χ3v) is 11.0. The van der Waals surface area contributed by atoms with E-state index in [1.54, 1.807) is 0 Å². The third kappa shape index (κ3) is 11.2. The quantitative estimate of drug-likeness (QED) is 0.125. The Balaban J connectivity index is 0.000000221. The molecule has 7 aromatic carbocycles. The zero-order chi connectivity index (χ0) is 43.1. The summed E-state index contributed by atoms with van der Waals surface area (Å²) in [5.74, 6) is 0. The monoisotopic (exact) mass is 773 g/mol. The highest BCUT2D eigenvalue weighted by Crippen LogP contribution is 2.51. The molecule has 0 spiro atoms. The van der Waals surface area contributed by atoms with Gasteiger partial charge in [-0.1, -0.05) is 195 Å². The van der Waals surface area contributed by atoms with Crippen LogP contribution in [0.1, 0.15) is 77.8 Å². The number of allylic oxidation sites excluding steroid dienone is 1. The molecule has 300 valence electrons. The molecule has 0 radical (unpaired) electrons. The second-order valence-electron chi connectivity index (χ2n) is 15.6. The molecule has 0 saturated carbocycles. The van der Waals surface area contributed by atoms with E-state index in [4.69, 9.17) is 0 Å². The molecule has 0 heterocycles. The first-order valence-electron chi connectivity index (χ1n) is 20.5. The predicted octanol–water partition coefficient (Wildman–Crippen LogP) is 16.2. The number of nitrogens with zero attached hydrogens (tertiary/aromatic N) is 1. The molecule has 8 rings (SSSR count). The molecule has 0 saturated heterocycles. The van der Waals surface area contributed by atoms with E-state index in [2.05, 4.69) is 182 Å². The molecule has 0 aromatic heterocycles. The third-order valence-electron chi connectivity index (χ3n) is 11.0. The van der Waals surface area contributed by atoms with Crippen LogP contribution in [-0.4, -0.2) is 12.8 Å². The fraction of sp³-hybridized carbons (Fsp3) is 0.190. The van der Waals surface area contributed by atoms with Gasteiger partial charge in [-0.2, -0.15) is 0 Å². The summed E-state index contributed by atoms with van der Waals surface area (Å²) in [6.45, 7) is 29.7. The Bertz CT molecular complexity index is 2470. The van der Waals surface area contributed by atoms with Crippen LogP contribution in [0, 0.1) is 34.6 Å². The number of fused-ring (bicyclic) bond motifs is 3. The topological polar surface area (TPSA) is 12.4 Å². The molecule has 0 fully saturated rings. The molecule has 1 aliphatic rings. The van der Waals surface area contributed by atoms with Gasteiger partial charge in [0.2, 0.25) is 0 Å². The minimum Gasteiger partial charge on any atom is -0.293 e. The number of hydrogen-bond donors (Lipinski definition) is 0. The van der Waals surface area contributed by atoms with Gasteiger partial charge in [-0.15, -0.1) is 13.2 Å². The van der Waals surface area contributed by atoms with Crippen LogP contribution in [0.15, 0.2) is 189 Å². The van der Waals surface area contributed by atoms with Gasteiger partial charge in [-0.3, -0.25) is 4.99 Å². The van der Waals surface area contributed by atoms with Gasteiger partial charge in [-0.05, 0) is 126 Å². The van der Waals surface area contributed by atoms with E-state index in [0.29, 0.717) is 0 Å². The highest BCUT2D eigenvalue weighted by atomic mass is 14.7. The van der Waals surface area contributed by atoms with Crippen LogP contribution in [0.2, 0.25) is 0 Å². The molecule has 7 aromatic rings. The van der Waals surface area contributed by atoms with Gasteiger partial charge < -0.3 is 0 Å². The minimum absolute atomic E-state index is 0.0239. The highest BCUT2D eigenvalue weighted by Gasteiger charge is 2.37. The summed E-state index contributed by atoms with van der Waals surface area (Å²) >= 11 is 0. The normalized spacial score (nSPS) is 11.7. The molecule has 0 N–H and O–H groups in total. The summed E-state index contributed by atoms with van der Waals surface area (Å²) in [5.41, 5.74) is 22.4. The average Bonchev–Trinajstić information content (AvgIpc) is 3.50. The lowest BCUT2D eigenvalue weighted by Crippen LogP contribution is -2.16. The molecular weight excluding hydrogens is 711 g/mol. The molecule has 1 nitrogen and oxygen atoms in total. The maximum absolute atomic E-state index is 4.08. The van der Waals surface area contributed by atoms with E-state index >= 15 is 0 Å². The van der Waals surface area contributed by atoms with E-state index in [-0.39, 0.29) is 5.41 Å². The average molecular weight is 774 g/mol. The zero-order valence-corrected chi connectivity index (χ0v) is 37.2. The zero-order valence-electron chi connectivity index (χ0n) is 37.2. The van der Waals surface area contributed by atoms with Crippen molar-refractivity contribution in [3.05, 3.63) is 234 Å². The fourth-order valence-electron chi connectivity index (χ4n) is 7.77. The van der Waals surface area contributed by atoms with E-state index in [1.165, 1.54) is 83.5 Å². The SMILES string of the molecule is C=C.C=C(C)c1ccccc1.CN=C(C)c1ccccc1.Cc1ccccc1.Cc1ccccc1-c1cc(C)c(-c2ccc3c(c2C)C(C)(C)c2ccccc2-3)cc1C. The van der Waals surface area contributed by atoms with Gasteiger partial charge >= 0.3 is 0 Å². The van der Waals surface area contributed by atoms with Crippen molar-refractivity contribution >= 4 is 11.3 Å². The molecule has 0 unspecified atom stereocenters. The molecule has 0 amide bonds. The molecule has 1 aliphatic carbocycles. The van der Waals surface area contributed by atoms with Crippen LogP contribution in [0.25, 0.3) is 39.0 Å². The highest BCUT2D eigenvalue weighted by molar-refractivity contribution is 5.98. The summed E-state index contributed by atoms with van der Waals surface area (Å²) in [6.07, 6.45) is 0. The van der Waals surface area contributed by atoms with Crippen LogP contribution in [0.3, 0.4) is 0 Å². The van der Waals surface area contributed by atoms with Crippen LogP contribution >= 0.6 is 0 Å². The molecule has 59 heavy (non-hydrogen) atoms. The summed E-state index contributed by atoms with van der Waals surface area (Å²) in [7, 11) is 1.81. The second-order valence-corrected chi connectivity index (χ2v) is 15.6. The lowest BCUT2D eigenvalue weighted by molar-refractivity contribution is 0.656. The Hall–Kier alpha value is -6.31. The summed E-state index contributed by atoms with van der Waals surface area (Å²) in [6, 6.07) is 57.6. The van der Waals surface area contributed by atoms with Gasteiger partial charge in [0.25, 0.3) is 0 Å². The Labute approximate surface area is 356 Å². The standard InChI is InChI=1S/C31H30.C9H11N.C9H10.C7H8.C2H4/c1-19-11-7-8-12-23(19)27-17-21(3)28(18-20(27)2)24-15-16-26-25-13-9-10-14-29(25)31(5,6)30(26)22(24)4;1-8(10-2)9-6-4-3-5-7-9;1-8(2)9-6-4-3-5-7-9;1-7-5-3-2-4-6-7;1-2/h7-18H,1-6H3;3-7H,1-2H3;3-7H,1H2,2H3;2-6H,1H3;1-2H2. The van der Waals surface area contributed by atoms with Crippen LogP contribution in [-0.2, 0) is 5.41 Å². The fourth-order valence-corrected chi connectivity index (χ4v) is 7.77. The van der Waals surface area contributed by atoms with Crippen LogP contribution in [0.5, 0.6) is 0 Å². The van der Waals surface area contributed by atoms with Crippen molar-refractivity contribution < 1.29 is 0 Å². The largest absolute Gasteiger partial charge is 0.293 e. The minimum atomic E-state index is 0.0239. The van der Waals surface area contributed by atoms with E-state index in [9.17, 15) is 0 Å². The lowest BCUT2D eigenvalue weighted by Gasteiger charge is -2.25. The van der Waals surface area contributed by atoms with Crippen LogP contribution in [0.4, 0.5) is 0 Å². The molecule has 0 bridgehead atoms. The predicted molar refractivity (Wildman–Crippen MR) is 262 cm³/mol. The van der Waals surface area contributed by atoms with Crippen molar-refractivity contribution in [2.24, 2.45) is 4.99 Å². The summed E-state index contributed by atoms with van der Waals surface area (Å²) in [5, 5.41) is 0. The Kier molecular flexibility index (Phi) is 16.5. The Morgan fingerprint density at radius 1 is 0.458 bits per heavy atom. The molecule has 0 atom stereocenters. The maximum atomic E-state index is 4.08. The van der Waals surface area contributed by atoms with Gasteiger partial charge in [0, 0.05) is 18.2 Å². The molecular formula is C58H63N. The van der Waals surface area contributed by atoms with E-state index in [1.807, 2.05) is 75.5 Å². The van der Waals surface area contributed by atoms with Crippen LogP contribution < -0.4 is 0 Å². The van der Waals surface area contributed by atoms with E-state index in [0.717, 1.165) is 11.3 Å². The van der Waals surface area contributed by atoms with Crippen molar-refractivity contribution in [2.45, 2.75) is 67.7 Å².